The van der Waals surface area contributed by atoms with Crippen LogP contribution < -0.4 is 15.5 Å². The van der Waals surface area contributed by atoms with E-state index in [0.29, 0.717) is 6.54 Å². The van der Waals surface area contributed by atoms with E-state index < -0.39 is 0 Å². The highest BCUT2D eigenvalue weighted by Gasteiger charge is 2.13. The van der Waals surface area contributed by atoms with Gasteiger partial charge in [-0.05, 0) is 43.3 Å². The van der Waals surface area contributed by atoms with Crippen LogP contribution >= 0.6 is 0 Å². The Morgan fingerprint density at radius 2 is 1.63 bits per heavy atom. The van der Waals surface area contributed by atoms with Crippen molar-refractivity contribution >= 4 is 23.2 Å². The molecule has 3 rings (SSSR count). The van der Waals surface area contributed by atoms with Gasteiger partial charge < -0.3 is 20.3 Å². The highest BCUT2D eigenvalue weighted by molar-refractivity contribution is 5.92. The fourth-order valence-corrected chi connectivity index (χ4v) is 3.37. The summed E-state index contributed by atoms with van der Waals surface area (Å²) in [5.74, 6) is -0.232. The molecule has 2 amide bonds. The number of anilines is 2. The molecule has 0 spiro atoms. The van der Waals surface area contributed by atoms with Gasteiger partial charge in [0.1, 0.15) is 0 Å². The van der Waals surface area contributed by atoms with Gasteiger partial charge in [-0.25, -0.2) is 0 Å². The Hall–Kier alpha value is -2.90. The Kier molecular flexibility index (Phi) is 8.23. The lowest BCUT2D eigenvalue weighted by molar-refractivity contribution is -0.122. The molecule has 7 nitrogen and oxygen atoms in total. The van der Waals surface area contributed by atoms with E-state index in [-0.39, 0.29) is 24.9 Å². The lowest BCUT2D eigenvalue weighted by Gasteiger charge is -2.28. The molecule has 7 heteroatoms. The van der Waals surface area contributed by atoms with Crippen molar-refractivity contribution in [1.29, 1.82) is 0 Å². The van der Waals surface area contributed by atoms with Gasteiger partial charge in [-0.1, -0.05) is 30.3 Å². The van der Waals surface area contributed by atoms with Crippen molar-refractivity contribution in [2.45, 2.75) is 6.42 Å². The second-order valence-corrected chi connectivity index (χ2v) is 7.45. The molecule has 2 aromatic carbocycles. The molecule has 30 heavy (non-hydrogen) atoms. The number of benzene rings is 2. The number of likely N-dealkylation sites (N-methyl/N-ethyl adjacent to an activating group) is 1. The molecule has 1 heterocycles. The molecular weight excluding hydrogens is 380 g/mol. The zero-order valence-electron chi connectivity index (χ0n) is 17.5. The summed E-state index contributed by atoms with van der Waals surface area (Å²) in [4.78, 5) is 28.3. The van der Waals surface area contributed by atoms with Crippen LogP contribution in [-0.4, -0.2) is 69.7 Å². The number of ether oxygens (including phenoxy) is 1. The number of carbonyl (C=O) groups excluding carboxylic acids is 2. The largest absolute Gasteiger partial charge is 0.378 e. The van der Waals surface area contributed by atoms with Crippen LogP contribution in [0.1, 0.15) is 5.56 Å². The molecule has 1 aliphatic rings. The molecule has 0 aliphatic carbocycles. The second kappa shape index (κ2) is 11.3. The van der Waals surface area contributed by atoms with Crippen LogP contribution in [0.3, 0.4) is 0 Å². The Bertz CT molecular complexity index is 805. The van der Waals surface area contributed by atoms with Gasteiger partial charge in [0.05, 0.1) is 26.3 Å². The first-order valence-corrected chi connectivity index (χ1v) is 10.3. The van der Waals surface area contributed by atoms with Crippen molar-refractivity contribution in [2.75, 3.05) is 63.2 Å². The summed E-state index contributed by atoms with van der Waals surface area (Å²) in [5.41, 5.74) is 3.06. The first-order valence-electron chi connectivity index (χ1n) is 10.3. The quantitative estimate of drug-likeness (QED) is 0.659. The molecule has 0 saturated carbocycles. The maximum Gasteiger partial charge on any atom is 0.238 e. The molecule has 160 valence electrons. The second-order valence-electron chi connectivity index (χ2n) is 7.45. The Morgan fingerprint density at radius 1 is 0.967 bits per heavy atom. The third kappa shape index (κ3) is 7.17. The van der Waals surface area contributed by atoms with Gasteiger partial charge in [-0.3, -0.25) is 14.5 Å². The summed E-state index contributed by atoms with van der Waals surface area (Å²) in [5, 5.41) is 5.78. The smallest absolute Gasteiger partial charge is 0.238 e. The molecule has 0 radical (unpaired) electrons. The molecule has 0 aromatic heterocycles. The number of morpholine rings is 1. The fraction of sp³-hybridized carbons (Fsp3) is 0.391. The van der Waals surface area contributed by atoms with Gasteiger partial charge in [0.15, 0.2) is 0 Å². The van der Waals surface area contributed by atoms with E-state index in [1.54, 1.807) is 11.9 Å². The zero-order chi connectivity index (χ0) is 21.2. The number of hydrogen-bond donors (Lipinski definition) is 2. The predicted octanol–water partition coefficient (Wildman–Crippen LogP) is 1.75. The van der Waals surface area contributed by atoms with E-state index in [0.717, 1.165) is 44.1 Å². The third-order valence-electron chi connectivity index (χ3n) is 4.93. The standard InChI is InChI=1S/C23H30N4O3/c1-26(17-22(28)24-12-11-19-5-3-2-4-6-19)18-23(29)25-20-7-9-21(10-8-20)27-13-15-30-16-14-27/h2-10H,11-18H2,1H3,(H,24,28)(H,25,29). The van der Waals surface area contributed by atoms with Crippen LogP contribution in [0.15, 0.2) is 54.6 Å². The number of amides is 2. The van der Waals surface area contributed by atoms with E-state index in [9.17, 15) is 9.59 Å². The van der Waals surface area contributed by atoms with Crippen molar-refractivity contribution in [1.82, 2.24) is 10.2 Å². The molecule has 0 bridgehead atoms. The summed E-state index contributed by atoms with van der Waals surface area (Å²) in [6, 6.07) is 17.8. The minimum Gasteiger partial charge on any atom is -0.378 e. The SMILES string of the molecule is CN(CC(=O)NCCc1ccccc1)CC(=O)Nc1ccc(N2CCOCC2)cc1. The normalized spacial score (nSPS) is 13.9. The minimum atomic E-state index is -0.145. The van der Waals surface area contributed by atoms with Gasteiger partial charge >= 0.3 is 0 Å². The van der Waals surface area contributed by atoms with Crippen molar-refractivity contribution in [3.8, 4) is 0 Å². The lowest BCUT2D eigenvalue weighted by atomic mass is 10.1. The number of carbonyl (C=O) groups is 2. The topological polar surface area (TPSA) is 73.9 Å². The van der Waals surface area contributed by atoms with E-state index in [2.05, 4.69) is 15.5 Å². The fourth-order valence-electron chi connectivity index (χ4n) is 3.37. The van der Waals surface area contributed by atoms with Crippen LogP contribution in [0.2, 0.25) is 0 Å². The van der Waals surface area contributed by atoms with Gasteiger partial charge in [0.2, 0.25) is 11.8 Å². The molecule has 0 atom stereocenters. The number of nitrogens with zero attached hydrogens (tertiary/aromatic N) is 2. The zero-order valence-corrected chi connectivity index (χ0v) is 17.5. The molecule has 1 aliphatic heterocycles. The average Bonchev–Trinajstić information content (AvgIpc) is 2.75. The number of rotatable bonds is 9. The van der Waals surface area contributed by atoms with Crippen LogP contribution in [0.4, 0.5) is 11.4 Å². The van der Waals surface area contributed by atoms with Crippen LogP contribution in [0.25, 0.3) is 0 Å². The third-order valence-corrected chi connectivity index (χ3v) is 4.93. The van der Waals surface area contributed by atoms with Crippen LogP contribution in [0, 0.1) is 0 Å². The monoisotopic (exact) mass is 410 g/mol. The first-order chi connectivity index (χ1) is 14.6. The maximum atomic E-state index is 12.3. The number of nitrogens with one attached hydrogen (secondary N) is 2. The maximum absolute atomic E-state index is 12.3. The predicted molar refractivity (Wildman–Crippen MR) is 119 cm³/mol. The van der Waals surface area contributed by atoms with E-state index in [4.69, 9.17) is 4.74 Å². The Balaban J connectivity index is 1.36. The minimum absolute atomic E-state index is 0.0869. The summed E-state index contributed by atoms with van der Waals surface area (Å²) in [7, 11) is 1.76. The van der Waals surface area contributed by atoms with Crippen molar-refractivity contribution in [3.05, 3.63) is 60.2 Å². The molecule has 1 fully saturated rings. The highest BCUT2D eigenvalue weighted by Crippen LogP contribution is 2.19. The summed E-state index contributed by atoms with van der Waals surface area (Å²) < 4.78 is 5.37. The molecular formula is C23H30N4O3. The number of hydrogen-bond acceptors (Lipinski definition) is 5. The first kappa shape index (κ1) is 21.8. The highest BCUT2D eigenvalue weighted by atomic mass is 16.5. The Morgan fingerprint density at radius 3 is 2.33 bits per heavy atom. The summed E-state index contributed by atoms with van der Waals surface area (Å²) in [6.07, 6.45) is 0.789. The van der Waals surface area contributed by atoms with E-state index in [1.807, 2.05) is 54.6 Å². The van der Waals surface area contributed by atoms with Crippen LogP contribution in [0.5, 0.6) is 0 Å². The summed E-state index contributed by atoms with van der Waals surface area (Å²) in [6.45, 7) is 4.15. The van der Waals surface area contributed by atoms with Crippen molar-refractivity contribution < 1.29 is 14.3 Å². The molecule has 1 saturated heterocycles. The molecule has 0 unspecified atom stereocenters. The van der Waals surface area contributed by atoms with Crippen LogP contribution in [-0.2, 0) is 20.7 Å². The van der Waals surface area contributed by atoms with Crippen molar-refractivity contribution in [3.63, 3.8) is 0 Å². The van der Waals surface area contributed by atoms with E-state index in [1.165, 1.54) is 5.56 Å². The summed E-state index contributed by atoms with van der Waals surface area (Å²) >= 11 is 0. The van der Waals surface area contributed by atoms with Gasteiger partial charge in [-0.2, -0.15) is 0 Å². The van der Waals surface area contributed by atoms with Gasteiger partial charge in [0, 0.05) is 31.0 Å². The van der Waals surface area contributed by atoms with Gasteiger partial charge in [0.25, 0.3) is 0 Å². The van der Waals surface area contributed by atoms with Crippen molar-refractivity contribution in [2.24, 2.45) is 0 Å². The van der Waals surface area contributed by atoms with Gasteiger partial charge in [-0.15, -0.1) is 0 Å². The molecule has 2 aromatic rings. The molecule has 2 N–H and O–H groups in total. The lowest BCUT2D eigenvalue weighted by Crippen LogP contribution is -2.39. The Labute approximate surface area is 178 Å². The average molecular weight is 411 g/mol. The van der Waals surface area contributed by atoms with E-state index >= 15 is 0 Å².